The molecule has 0 heterocycles. The number of hydrogen-bond donors (Lipinski definition) is 4. The summed E-state index contributed by atoms with van der Waals surface area (Å²) in [5.74, 6) is 0. The van der Waals surface area contributed by atoms with Gasteiger partial charge in [0.1, 0.15) is 0 Å². The van der Waals surface area contributed by atoms with E-state index in [1.807, 2.05) is 0 Å². The summed E-state index contributed by atoms with van der Waals surface area (Å²) in [6.07, 6.45) is 75.8. The second-order valence-electron chi connectivity index (χ2n) is 34.8. The Labute approximate surface area is 665 Å². The Bertz CT molecular complexity index is 1420. The molecule has 8 nitrogen and oxygen atoms in total. The Balaban J connectivity index is 11.0. The molecular formula is C96H196O8Ti. The van der Waals surface area contributed by atoms with Crippen LogP contribution in [0.15, 0.2) is 0 Å². The first-order chi connectivity index (χ1) is 51.2. The van der Waals surface area contributed by atoms with Crippen molar-refractivity contribution >= 4 is 0 Å². The second kappa shape index (κ2) is 74.5. The van der Waals surface area contributed by atoms with E-state index in [0.717, 1.165) is 257 Å². The maximum absolute atomic E-state index is 14.3. The van der Waals surface area contributed by atoms with E-state index in [1.54, 1.807) is 0 Å². The van der Waals surface area contributed by atoms with Crippen molar-refractivity contribution in [2.24, 2.45) is 0 Å². The first-order valence-corrected chi connectivity index (χ1v) is 51.3. The van der Waals surface area contributed by atoms with Crippen molar-refractivity contribution in [3.63, 3.8) is 0 Å². The van der Waals surface area contributed by atoms with Crippen LogP contribution in [0, 0.1) is 0 Å². The van der Waals surface area contributed by atoms with E-state index in [4.69, 9.17) is 13.3 Å². The minimum atomic E-state index is -6.05. The Kier molecular flexibility index (Phi) is 74.8. The molecule has 0 saturated carbocycles. The molecule has 632 valence electrons. The number of unbranched alkanes of at least 4 members (excludes halogenated alkanes) is 52. The normalized spacial score (nSPS) is 14.4. The molecule has 0 aromatic heterocycles. The average molecular weight is 1530 g/mol. The van der Waals surface area contributed by atoms with Gasteiger partial charge in [0, 0.05) is 0 Å². The van der Waals surface area contributed by atoms with Crippen LogP contribution in [0.4, 0.5) is 0 Å². The van der Waals surface area contributed by atoms with Crippen LogP contribution in [0.25, 0.3) is 0 Å². The SMILES string of the molecule is CCCCCCCCC(CCCCCCCC)([O][Ti]([O]C(CCCCCCCC)(CCCCCCCC)C(O)CCCCCC)([O]C(CCCCCCCC)(CCCCCCCC)C(O)CCCCCC)[O]C(CCCCCCCC)(CCCCCCCC)C(O)CCCCCC)C(O)CCCCCC. The fourth-order valence-corrected chi connectivity index (χ4v) is 23.0. The molecule has 0 bridgehead atoms. The summed E-state index contributed by atoms with van der Waals surface area (Å²) in [4.78, 5) is 0. The minimum absolute atomic E-state index is 0.631. The fourth-order valence-electron chi connectivity index (χ4n) is 17.4. The zero-order chi connectivity index (χ0) is 77.4. The van der Waals surface area contributed by atoms with E-state index < -0.39 is 65.0 Å². The van der Waals surface area contributed by atoms with Crippen LogP contribution < -0.4 is 0 Å². The summed E-state index contributed by atoms with van der Waals surface area (Å²) in [7, 11) is 0. The molecule has 0 radical (unpaired) electrons. The quantitative estimate of drug-likeness (QED) is 0.0351. The van der Waals surface area contributed by atoms with Gasteiger partial charge in [-0.05, 0) is 0 Å². The summed E-state index contributed by atoms with van der Waals surface area (Å²) in [5.41, 5.74) is -4.40. The van der Waals surface area contributed by atoms with Crippen LogP contribution >= 0.6 is 0 Å². The molecule has 0 amide bonds. The second-order valence-corrected chi connectivity index (χ2v) is 37.6. The van der Waals surface area contributed by atoms with E-state index in [2.05, 4.69) is 83.1 Å². The number of aliphatic hydroxyl groups is 4. The van der Waals surface area contributed by atoms with Gasteiger partial charge in [-0.3, -0.25) is 0 Å². The van der Waals surface area contributed by atoms with Crippen LogP contribution in [-0.2, 0) is 31.4 Å². The molecule has 4 unspecified atom stereocenters. The molecule has 0 fully saturated rings. The van der Waals surface area contributed by atoms with Crippen LogP contribution in [0.3, 0.4) is 0 Å². The summed E-state index contributed by atoms with van der Waals surface area (Å²) in [6, 6.07) is 0. The summed E-state index contributed by atoms with van der Waals surface area (Å²) >= 11 is -6.05. The summed E-state index contributed by atoms with van der Waals surface area (Å²) in [5, 5.41) is 57.1. The fraction of sp³-hybridized carbons (Fsp3) is 1.00. The zero-order valence-corrected chi connectivity index (χ0v) is 75.5. The molecule has 105 heavy (non-hydrogen) atoms. The van der Waals surface area contributed by atoms with Crippen LogP contribution in [0.1, 0.15) is 571 Å². The van der Waals surface area contributed by atoms with Gasteiger partial charge in [-0.1, -0.05) is 0 Å². The van der Waals surface area contributed by atoms with E-state index in [0.29, 0.717) is 77.0 Å². The molecule has 0 rings (SSSR count). The molecule has 0 saturated heterocycles. The summed E-state index contributed by atoms with van der Waals surface area (Å²) < 4.78 is 36.6. The molecule has 0 aliphatic carbocycles. The predicted octanol–water partition coefficient (Wildman–Crippen LogP) is 32.2. The molecule has 0 spiro atoms. The Morgan fingerprint density at radius 2 is 0.267 bits per heavy atom. The van der Waals surface area contributed by atoms with Crippen molar-refractivity contribution in [2.45, 2.75) is 618 Å². The van der Waals surface area contributed by atoms with E-state index in [-0.39, 0.29) is 0 Å². The van der Waals surface area contributed by atoms with Crippen molar-refractivity contribution in [1.82, 2.24) is 0 Å². The molecule has 0 aliphatic heterocycles. The van der Waals surface area contributed by atoms with E-state index in [1.165, 1.54) is 154 Å². The van der Waals surface area contributed by atoms with Gasteiger partial charge in [0.05, 0.1) is 0 Å². The van der Waals surface area contributed by atoms with Crippen LogP contribution in [-0.4, -0.2) is 67.2 Å². The third-order valence-corrected chi connectivity index (χ3v) is 28.8. The van der Waals surface area contributed by atoms with Gasteiger partial charge in [0.15, 0.2) is 0 Å². The molecule has 4 N–H and O–H groups in total. The van der Waals surface area contributed by atoms with Crippen LogP contribution in [0.2, 0.25) is 0 Å². The van der Waals surface area contributed by atoms with Crippen molar-refractivity contribution < 1.29 is 51.8 Å². The Morgan fingerprint density at radius 1 is 0.162 bits per heavy atom. The van der Waals surface area contributed by atoms with Crippen molar-refractivity contribution in [2.75, 3.05) is 0 Å². The van der Waals surface area contributed by atoms with E-state index >= 15 is 0 Å². The molecule has 4 atom stereocenters. The third-order valence-electron chi connectivity index (χ3n) is 24.7. The van der Waals surface area contributed by atoms with E-state index in [9.17, 15) is 20.4 Å². The molecule has 0 aromatic carbocycles. The van der Waals surface area contributed by atoms with Gasteiger partial charge >= 0.3 is 670 Å². The molecule has 0 aromatic rings. The topological polar surface area (TPSA) is 118 Å². The number of rotatable bonds is 88. The van der Waals surface area contributed by atoms with Gasteiger partial charge in [-0.25, -0.2) is 0 Å². The van der Waals surface area contributed by atoms with Crippen LogP contribution in [0.5, 0.6) is 0 Å². The van der Waals surface area contributed by atoms with Crippen molar-refractivity contribution in [3.8, 4) is 0 Å². The average Bonchev–Trinajstić information content (AvgIpc) is 0.742. The third kappa shape index (κ3) is 52.5. The van der Waals surface area contributed by atoms with Gasteiger partial charge in [-0.15, -0.1) is 0 Å². The number of aliphatic hydroxyl groups excluding tert-OH is 4. The summed E-state index contributed by atoms with van der Waals surface area (Å²) in [6.45, 7) is 27.8. The molecule has 9 heteroatoms. The molecule has 0 aliphatic rings. The van der Waals surface area contributed by atoms with Gasteiger partial charge in [0.25, 0.3) is 0 Å². The maximum atomic E-state index is 14.3. The van der Waals surface area contributed by atoms with Crippen molar-refractivity contribution in [3.05, 3.63) is 0 Å². The molecular weight excluding hydrogens is 1330 g/mol. The standard InChI is InChI=1S/4C24H49O2.Ti/c4*1-4-7-10-13-15-18-21-24(26,22-19-16-14-11-8-5-2)23(25)20-17-12-9-6-3;/h4*23,25H,4-22H2,1-3H3;/q4*-1;+4. The number of hydrogen-bond acceptors (Lipinski definition) is 8. The zero-order valence-electron chi connectivity index (χ0n) is 74.0. The van der Waals surface area contributed by atoms with Crippen molar-refractivity contribution in [1.29, 1.82) is 0 Å². The Morgan fingerprint density at radius 3 is 0.390 bits per heavy atom. The van der Waals surface area contributed by atoms with Gasteiger partial charge in [0.2, 0.25) is 0 Å². The monoisotopic (exact) mass is 1530 g/mol. The van der Waals surface area contributed by atoms with Gasteiger partial charge in [-0.2, -0.15) is 0 Å². The first kappa shape index (κ1) is 105. The predicted molar refractivity (Wildman–Crippen MR) is 458 cm³/mol. The Hall–Kier alpha value is 0.394. The van der Waals surface area contributed by atoms with Gasteiger partial charge < -0.3 is 0 Å². The first-order valence-electron chi connectivity index (χ1n) is 48.8.